The van der Waals surface area contributed by atoms with Crippen LogP contribution in [0.1, 0.15) is 42.5 Å². The Hall–Kier alpha value is -1.28. The number of thiophene rings is 1. The predicted octanol–water partition coefficient (Wildman–Crippen LogP) is 3.24. The molecule has 2 aromatic heterocycles. The van der Waals surface area contributed by atoms with Crippen LogP contribution in [0.25, 0.3) is 10.2 Å². The summed E-state index contributed by atoms with van der Waals surface area (Å²) in [7, 11) is 0. The summed E-state index contributed by atoms with van der Waals surface area (Å²) < 4.78 is 11.3. The van der Waals surface area contributed by atoms with Crippen molar-refractivity contribution in [2.24, 2.45) is 5.92 Å². The lowest BCUT2D eigenvalue weighted by atomic mass is 9.89. The molecule has 152 valence electrons. The van der Waals surface area contributed by atoms with Crippen molar-refractivity contribution in [3.8, 4) is 0 Å². The first-order valence-corrected chi connectivity index (χ1v) is 11.5. The molecule has 2 saturated heterocycles. The fourth-order valence-electron chi connectivity index (χ4n) is 4.56. The van der Waals surface area contributed by atoms with E-state index in [4.69, 9.17) is 19.4 Å². The Morgan fingerprint density at radius 2 is 2.07 bits per heavy atom. The molecule has 0 bridgehead atoms. The van der Waals surface area contributed by atoms with Gasteiger partial charge in [-0.1, -0.05) is 6.92 Å². The van der Waals surface area contributed by atoms with Gasteiger partial charge in [0.15, 0.2) is 0 Å². The monoisotopic (exact) mass is 402 g/mol. The summed E-state index contributed by atoms with van der Waals surface area (Å²) in [5.74, 6) is 2.72. The van der Waals surface area contributed by atoms with Crippen molar-refractivity contribution in [3.05, 3.63) is 16.3 Å². The molecule has 1 aliphatic carbocycles. The van der Waals surface area contributed by atoms with Crippen LogP contribution in [0.3, 0.4) is 0 Å². The van der Waals surface area contributed by atoms with E-state index in [2.05, 4.69) is 17.1 Å². The van der Waals surface area contributed by atoms with Gasteiger partial charge in [-0.2, -0.15) is 0 Å². The Labute approximate surface area is 170 Å². The molecule has 28 heavy (non-hydrogen) atoms. The van der Waals surface area contributed by atoms with Crippen LogP contribution in [0, 0.1) is 5.92 Å². The molecule has 0 spiro atoms. The summed E-state index contributed by atoms with van der Waals surface area (Å²) in [5.41, 5.74) is 1.49. The molecule has 6 nitrogen and oxygen atoms in total. The van der Waals surface area contributed by atoms with Gasteiger partial charge in [0.05, 0.1) is 31.2 Å². The lowest BCUT2D eigenvalue weighted by molar-refractivity contribution is 0.0331. The largest absolute Gasteiger partial charge is 0.379 e. The summed E-state index contributed by atoms with van der Waals surface area (Å²) in [5, 5.41) is 4.92. The average molecular weight is 403 g/mol. The van der Waals surface area contributed by atoms with Gasteiger partial charge in [-0.05, 0) is 43.6 Å². The van der Waals surface area contributed by atoms with Crippen molar-refractivity contribution in [1.82, 2.24) is 14.9 Å². The van der Waals surface area contributed by atoms with E-state index in [-0.39, 0.29) is 0 Å². The first kappa shape index (κ1) is 18.7. The van der Waals surface area contributed by atoms with Crippen LogP contribution in [0.2, 0.25) is 0 Å². The molecule has 1 N–H and O–H groups in total. The average Bonchev–Trinajstić information content (AvgIpc) is 3.34. The van der Waals surface area contributed by atoms with Crippen LogP contribution in [-0.2, 0) is 28.9 Å². The second kappa shape index (κ2) is 8.22. The van der Waals surface area contributed by atoms with E-state index >= 15 is 0 Å². The molecule has 5 rings (SSSR count). The van der Waals surface area contributed by atoms with Crippen molar-refractivity contribution in [2.45, 2.75) is 51.7 Å². The van der Waals surface area contributed by atoms with Crippen molar-refractivity contribution >= 4 is 27.4 Å². The van der Waals surface area contributed by atoms with E-state index in [1.165, 1.54) is 35.1 Å². The molecule has 3 aliphatic rings. The van der Waals surface area contributed by atoms with Crippen molar-refractivity contribution in [3.63, 3.8) is 0 Å². The van der Waals surface area contributed by atoms with Gasteiger partial charge in [-0.15, -0.1) is 11.3 Å². The van der Waals surface area contributed by atoms with Crippen LogP contribution in [0.15, 0.2) is 0 Å². The number of anilines is 1. The number of aromatic nitrogens is 2. The maximum atomic E-state index is 5.82. The third-order valence-electron chi connectivity index (χ3n) is 6.19. The minimum atomic E-state index is 0.308. The number of rotatable bonds is 5. The Bertz CT molecular complexity index is 827. The van der Waals surface area contributed by atoms with Gasteiger partial charge in [0.2, 0.25) is 0 Å². The predicted molar refractivity (Wildman–Crippen MR) is 112 cm³/mol. The number of morpholine rings is 1. The number of fused-ring (bicyclic) bond motifs is 3. The number of nitrogens with zero attached hydrogens (tertiary/aromatic N) is 3. The molecule has 0 amide bonds. The van der Waals surface area contributed by atoms with E-state index in [1.807, 2.05) is 11.3 Å². The van der Waals surface area contributed by atoms with E-state index < -0.39 is 0 Å². The standard InChI is InChI=1S/C21H30N4O2S/c1-14-4-5-16-17(11-14)28-21-19(16)20(22-12-15-3-2-8-27-15)23-18(24-21)13-25-6-9-26-10-7-25/h14-15H,2-13H2,1H3,(H,22,23,24)/t14-,15+/m1/s1. The Morgan fingerprint density at radius 1 is 1.18 bits per heavy atom. The molecule has 2 atom stereocenters. The summed E-state index contributed by atoms with van der Waals surface area (Å²) in [4.78, 5) is 15.1. The quantitative estimate of drug-likeness (QED) is 0.829. The third-order valence-corrected chi connectivity index (χ3v) is 7.34. The highest BCUT2D eigenvalue weighted by atomic mass is 32.1. The number of ether oxygens (including phenoxy) is 2. The van der Waals surface area contributed by atoms with Crippen molar-refractivity contribution < 1.29 is 9.47 Å². The van der Waals surface area contributed by atoms with Crippen LogP contribution < -0.4 is 5.32 Å². The van der Waals surface area contributed by atoms with Gasteiger partial charge in [-0.25, -0.2) is 9.97 Å². The smallest absolute Gasteiger partial charge is 0.146 e. The van der Waals surface area contributed by atoms with E-state index in [0.29, 0.717) is 6.10 Å². The highest BCUT2D eigenvalue weighted by Crippen LogP contribution is 2.40. The normalized spacial score (nSPS) is 25.9. The number of aryl methyl sites for hydroxylation is 1. The second-order valence-electron chi connectivity index (χ2n) is 8.42. The maximum Gasteiger partial charge on any atom is 0.146 e. The fourth-order valence-corrected chi connectivity index (χ4v) is 5.96. The van der Waals surface area contributed by atoms with Gasteiger partial charge < -0.3 is 14.8 Å². The fraction of sp³-hybridized carbons (Fsp3) is 0.714. The van der Waals surface area contributed by atoms with Crippen molar-refractivity contribution in [1.29, 1.82) is 0 Å². The Kier molecular flexibility index (Phi) is 5.50. The molecule has 0 saturated carbocycles. The third kappa shape index (κ3) is 3.90. The molecule has 0 unspecified atom stereocenters. The summed E-state index contributed by atoms with van der Waals surface area (Å²) in [6.45, 7) is 8.40. The lowest BCUT2D eigenvalue weighted by Crippen LogP contribution is -2.36. The Balaban J connectivity index is 1.46. The molecule has 0 radical (unpaired) electrons. The Morgan fingerprint density at radius 3 is 2.89 bits per heavy atom. The SMILES string of the molecule is C[C@@H]1CCc2c(sc3nc(CN4CCOCC4)nc(NC[C@@H]4CCCO4)c23)C1. The number of hydrogen-bond donors (Lipinski definition) is 1. The molecule has 7 heteroatoms. The second-order valence-corrected chi connectivity index (χ2v) is 9.51. The summed E-state index contributed by atoms with van der Waals surface area (Å²) in [6, 6.07) is 0. The molecule has 2 aliphatic heterocycles. The minimum Gasteiger partial charge on any atom is -0.379 e. The number of hydrogen-bond acceptors (Lipinski definition) is 7. The van der Waals surface area contributed by atoms with E-state index in [9.17, 15) is 0 Å². The summed E-state index contributed by atoms with van der Waals surface area (Å²) in [6.07, 6.45) is 6.21. The van der Waals surface area contributed by atoms with Gasteiger partial charge in [0, 0.05) is 31.1 Å². The van der Waals surface area contributed by atoms with Crippen LogP contribution in [0.4, 0.5) is 5.82 Å². The van der Waals surface area contributed by atoms with Crippen LogP contribution >= 0.6 is 11.3 Å². The molecule has 2 aromatic rings. The molecular weight excluding hydrogens is 372 g/mol. The topological polar surface area (TPSA) is 59.5 Å². The zero-order chi connectivity index (χ0) is 18.9. The minimum absolute atomic E-state index is 0.308. The molecule has 4 heterocycles. The van der Waals surface area contributed by atoms with E-state index in [1.54, 1.807) is 0 Å². The lowest BCUT2D eigenvalue weighted by Gasteiger charge is -2.26. The maximum absolute atomic E-state index is 5.82. The van der Waals surface area contributed by atoms with Gasteiger partial charge in [0.1, 0.15) is 16.5 Å². The highest BCUT2D eigenvalue weighted by Gasteiger charge is 2.25. The first-order chi connectivity index (χ1) is 13.8. The van der Waals surface area contributed by atoms with Gasteiger partial charge >= 0.3 is 0 Å². The van der Waals surface area contributed by atoms with Crippen molar-refractivity contribution in [2.75, 3.05) is 44.8 Å². The van der Waals surface area contributed by atoms with Crippen LogP contribution in [0.5, 0.6) is 0 Å². The molecule has 0 aromatic carbocycles. The van der Waals surface area contributed by atoms with Gasteiger partial charge in [-0.3, -0.25) is 4.90 Å². The highest BCUT2D eigenvalue weighted by molar-refractivity contribution is 7.19. The molecule has 2 fully saturated rings. The zero-order valence-corrected chi connectivity index (χ0v) is 17.5. The first-order valence-electron chi connectivity index (χ1n) is 10.7. The zero-order valence-electron chi connectivity index (χ0n) is 16.7. The van der Waals surface area contributed by atoms with Crippen LogP contribution in [-0.4, -0.2) is 60.4 Å². The molecular formula is C21H30N4O2S. The van der Waals surface area contributed by atoms with Gasteiger partial charge in [0.25, 0.3) is 0 Å². The number of nitrogens with one attached hydrogen (secondary N) is 1. The van der Waals surface area contributed by atoms with E-state index in [0.717, 1.165) is 81.2 Å². The summed E-state index contributed by atoms with van der Waals surface area (Å²) >= 11 is 1.89.